The summed E-state index contributed by atoms with van der Waals surface area (Å²) in [6.45, 7) is 1.94. The molecule has 4 nitrogen and oxygen atoms in total. The zero-order valence-electron chi connectivity index (χ0n) is 9.27. The fourth-order valence-electron chi connectivity index (χ4n) is 1.56. The SMILES string of the molecule is COC(=O)COc1cccn2cc(C)cc12. The molecule has 0 unspecified atom stereocenters. The van der Waals surface area contributed by atoms with E-state index in [0.29, 0.717) is 5.75 Å². The summed E-state index contributed by atoms with van der Waals surface area (Å²) in [5.41, 5.74) is 2.10. The van der Waals surface area contributed by atoms with Crippen molar-refractivity contribution in [2.75, 3.05) is 13.7 Å². The van der Waals surface area contributed by atoms with E-state index < -0.39 is 0 Å². The summed E-state index contributed by atoms with van der Waals surface area (Å²) in [6.07, 6.45) is 3.94. The van der Waals surface area contributed by atoms with E-state index in [4.69, 9.17) is 4.74 Å². The molecule has 84 valence electrons. The number of fused-ring (bicyclic) bond motifs is 1. The van der Waals surface area contributed by atoms with Crippen LogP contribution in [0.1, 0.15) is 5.56 Å². The van der Waals surface area contributed by atoms with Crippen LogP contribution >= 0.6 is 0 Å². The van der Waals surface area contributed by atoms with Gasteiger partial charge in [-0.1, -0.05) is 0 Å². The van der Waals surface area contributed by atoms with E-state index in [1.165, 1.54) is 7.11 Å². The van der Waals surface area contributed by atoms with Gasteiger partial charge in [0.15, 0.2) is 6.61 Å². The first kappa shape index (κ1) is 10.5. The Labute approximate surface area is 93.4 Å². The number of pyridine rings is 1. The molecule has 2 aromatic rings. The third kappa shape index (κ3) is 2.00. The Balaban J connectivity index is 2.26. The number of carbonyl (C=O) groups is 1. The van der Waals surface area contributed by atoms with Crippen LogP contribution in [0.15, 0.2) is 30.6 Å². The van der Waals surface area contributed by atoms with Crippen molar-refractivity contribution in [3.63, 3.8) is 0 Å². The van der Waals surface area contributed by atoms with Crippen LogP contribution in [0.2, 0.25) is 0 Å². The topological polar surface area (TPSA) is 39.9 Å². The molecule has 0 aliphatic rings. The predicted molar refractivity (Wildman–Crippen MR) is 59.6 cm³/mol. The smallest absolute Gasteiger partial charge is 0.343 e. The molecule has 0 N–H and O–H groups in total. The maximum absolute atomic E-state index is 11.0. The molecular weight excluding hydrogens is 206 g/mol. The van der Waals surface area contributed by atoms with Gasteiger partial charge in [0.1, 0.15) is 5.75 Å². The van der Waals surface area contributed by atoms with Gasteiger partial charge in [-0.05, 0) is 30.7 Å². The number of ether oxygens (including phenoxy) is 2. The molecular formula is C12H13NO3. The number of carbonyl (C=O) groups excluding carboxylic acids is 1. The molecule has 0 bridgehead atoms. The van der Waals surface area contributed by atoms with Crippen LogP contribution in [0.3, 0.4) is 0 Å². The Hall–Kier alpha value is -1.97. The zero-order chi connectivity index (χ0) is 11.5. The first-order valence-electron chi connectivity index (χ1n) is 4.97. The standard InChI is InChI=1S/C12H13NO3/c1-9-6-10-11(16-8-12(14)15-2)4-3-5-13(10)7-9/h3-7H,8H2,1-2H3. The van der Waals surface area contributed by atoms with E-state index in [9.17, 15) is 4.79 Å². The monoisotopic (exact) mass is 219 g/mol. The number of nitrogens with zero attached hydrogens (tertiary/aromatic N) is 1. The summed E-state index contributed by atoms with van der Waals surface area (Å²) in [5.74, 6) is 0.297. The van der Waals surface area contributed by atoms with E-state index in [2.05, 4.69) is 4.74 Å². The summed E-state index contributed by atoms with van der Waals surface area (Å²) in [6, 6.07) is 5.71. The van der Waals surface area contributed by atoms with Crippen LogP contribution in [0.25, 0.3) is 5.52 Å². The van der Waals surface area contributed by atoms with Gasteiger partial charge in [0.05, 0.1) is 12.6 Å². The lowest BCUT2D eigenvalue weighted by Crippen LogP contribution is -2.12. The highest BCUT2D eigenvalue weighted by molar-refractivity contribution is 5.71. The number of methoxy groups -OCH3 is 1. The number of rotatable bonds is 3. The van der Waals surface area contributed by atoms with Crippen LogP contribution in [0.4, 0.5) is 0 Å². The second kappa shape index (κ2) is 4.26. The molecule has 0 saturated carbocycles. The van der Waals surface area contributed by atoms with Crippen molar-refractivity contribution in [3.05, 3.63) is 36.2 Å². The lowest BCUT2D eigenvalue weighted by molar-refractivity contribution is -0.142. The van der Waals surface area contributed by atoms with Gasteiger partial charge in [-0.25, -0.2) is 4.79 Å². The van der Waals surface area contributed by atoms with Crippen molar-refractivity contribution in [2.45, 2.75) is 6.92 Å². The van der Waals surface area contributed by atoms with E-state index in [1.54, 1.807) is 0 Å². The van der Waals surface area contributed by atoms with Crippen molar-refractivity contribution >= 4 is 11.5 Å². The van der Waals surface area contributed by atoms with Gasteiger partial charge >= 0.3 is 5.97 Å². The van der Waals surface area contributed by atoms with Crippen LogP contribution < -0.4 is 4.74 Å². The van der Waals surface area contributed by atoms with Gasteiger partial charge in [-0.2, -0.15) is 0 Å². The number of esters is 1. The van der Waals surface area contributed by atoms with Gasteiger partial charge in [0, 0.05) is 12.4 Å². The average Bonchev–Trinajstić information content (AvgIpc) is 2.66. The Morgan fingerprint density at radius 2 is 2.31 bits per heavy atom. The number of hydrogen-bond acceptors (Lipinski definition) is 3. The highest BCUT2D eigenvalue weighted by Crippen LogP contribution is 2.21. The quantitative estimate of drug-likeness (QED) is 0.739. The molecule has 16 heavy (non-hydrogen) atoms. The minimum atomic E-state index is -0.384. The van der Waals surface area contributed by atoms with Gasteiger partial charge in [0.25, 0.3) is 0 Å². The van der Waals surface area contributed by atoms with Crippen molar-refractivity contribution in [1.29, 1.82) is 0 Å². The molecule has 0 fully saturated rings. The van der Waals surface area contributed by atoms with Gasteiger partial charge < -0.3 is 13.9 Å². The molecule has 0 radical (unpaired) electrons. The van der Waals surface area contributed by atoms with E-state index in [0.717, 1.165) is 11.1 Å². The number of hydrogen-bond donors (Lipinski definition) is 0. The van der Waals surface area contributed by atoms with Crippen molar-refractivity contribution in [2.24, 2.45) is 0 Å². The molecule has 4 heteroatoms. The molecule has 2 aromatic heterocycles. The van der Waals surface area contributed by atoms with E-state index in [-0.39, 0.29) is 12.6 Å². The highest BCUT2D eigenvalue weighted by Gasteiger charge is 2.06. The molecule has 0 aromatic carbocycles. The molecule has 0 aliphatic carbocycles. The predicted octanol–water partition coefficient (Wildman–Crippen LogP) is 1.80. The third-order valence-corrected chi connectivity index (χ3v) is 2.31. The second-order valence-corrected chi connectivity index (χ2v) is 3.55. The van der Waals surface area contributed by atoms with Crippen LogP contribution in [-0.2, 0) is 9.53 Å². The molecule has 2 heterocycles. The maximum atomic E-state index is 11.0. The molecule has 0 aliphatic heterocycles. The summed E-state index contributed by atoms with van der Waals surface area (Å²) in [4.78, 5) is 11.0. The van der Waals surface area contributed by atoms with E-state index in [1.807, 2.05) is 41.9 Å². The summed E-state index contributed by atoms with van der Waals surface area (Å²) in [5, 5.41) is 0. The highest BCUT2D eigenvalue weighted by atomic mass is 16.6. The Morgan fingerprint density at radius 3 is 3.06 bits per heavy atom. The molecule has 2 rings (SSSR count). The normalized spacial score (nSPS) is 10.4. The first-order valence-corrected chi connectivity index (χ1v) is 4.97. The summed E-state index contributed by atoms with van der Waals surface area (Å²) in [7, 11) is 1.34. The fourth-order valence-corrected chi connectivity index (χ4v) is 1.56. The number of aromatic nitrogens is 1. The van der Waals surface area contributed by atoms with E-state index >= 15 is 0 Å². The van der Waals surface area contributed by atoms with Crippen LogP contribution in [0, 0.1) is 6.92 Å². The molecule has 0 saturated heterocycles. The molecule has 0 amide bonds. The Bertz CT molecular complexity index is 516. The van der Waals surface area contributed by atoms with Gasteiger partial charge in [-0.3, -0.25) is 0 Å². The van der Waals surface area contributed by atoms with Crippen molar-refractivity contribution in [3.8, 4) is 5.75 Å². The minimum absolute atomic E-state index is 0.0690. The van der Waals surface area contributed by atoms with Gasteiger partial charge in [-0.15, -0.1) is 0 Å². The minimum Gasteiger partial charge on any atom is -0.480 e. The van der Waals surface area contributed by atoms with Gasteiger partial charge in [0.2, 0.25) is 0 Å². The van der Waals surface area contributed by atoms with Crippen molar-refractivity contribution < 1.29 is 14.3 Å². The van der Waals surface area contributed by atoms with Crippen LogP contribution in [0.5, 0.6) is 5.75 Å². The largest absolute Gasteiger partial charge is 0.480 e. The zero-order valence-corrected chi connectivity index (χ0v) is 9.27. The van der Waals surface area contributed by atoms with Crippen LogP contribution in [-0.4, -0.2) is 24.1 Å². The second-order valence-electron chi connectivity index (χ2n) is 3.55. The molecule has 0 atom stereocenters. The maximum Gasteiger partial charge on any atom is 0.343 e. The lowest BCUT2D eigenvalue weighted by atomic mass is 10.3. The summed E-state index contributed by atoms with van der Waals surface area (Å²) >= 11 is 0. The third-order valence-electron chi connectivity index (χ3n) is 2.31. The molecule has 0 spiro atoms. The fraction of sp³-hybridized carbons (Fsp3) is 0.250. The Morgan fingerprint density at radius 1 is 1.50 bits per heavy atom. The Kier molecular flexibility index (Phi) is 2.81. The van der Waals surface area contributed by atoms with Crippen molar-refractivity contribution in [1.82, 2.24) is 4.40 Å². The first-order chi connectivity index (χ1) is 7.70. The number of aryl methyl sites for hydroxylation is 1. The average molecular weight is 219 g/mol. The lowest BCUT2D eigenvalue weighted by Gasteiger charge is -2.06. The summed E-state index contributed by atoms with van der Waals surface area (Å²) < 4.78 is 11.9.